The van der Waals surface area contributed by atoms with E-state index in [1.165, 1.54) is 11.8 Å². The van der Waals surface area contributed by atoms with Gasteiger partial charge in [-0.3, -0.25) is 9.59 Å². The third-order valence-corrected chi connectivity index (χ3v) is 6.95. The summed E-state index contributed by atoms with van der Waals surface area (Å²) >= 11 is 10.6. The number of ether oxygens (including phenoxy) is 1. The van der Waals surface area contributed by atoms with E-state index in [0.717, 1.165) is 15.8 Å². The number of nitrogens with zero attached hydrogens (tertiary/aromatic N) is 3. The Balaban J connectivity index is 1.52. The molecule has 3 rings (SSSR count). The Morgan fingerprint density at radius 3 is 2.58 bits per heavy atom. The molecule has 33 heavy (non-hydrogen) atoms. The lowest BCUT2D eigenvalue weighted by Crippen LogP contribution is -2.29. The Labute approximate surface area is 209 Å². The molecule has 0 saturated heterocycles. The molecule has 1 atom stereocenters. The number of benzene rings is 2. The molecule has 0 bridgehead atoms. The van der Waals surface area contributed by atoms with Gasteiger partial charge in [0.15, 0.2) is 11.0 Å². The van der Waals surface area contributed by atoms with E-state index < -0.39 is 0 Å². The van der Waals surface area contributed by atoms with Gasteiger partial charge in [-0.1, -0.05) is 35.5 Å². The predicted molar refractivity (Wildman–Crippen MR) is 133 cm³/mol. The highest BCUT2D eigenvalue weighted by Gasteiger charge is 2.18. The summed E-state index contributed by atoms with van der Waals surface area (Å²) in [4.78, 5) is 24.7. The molecule has 1 heterocycles. The van der Waals surface area contributed by atoms with Gasteiger partial charge in [-0.25, -0.2) is 0 Å². The van der Waals surface area contributed by atoms with Crippen LogP contribution in [0, 0.1) is 0 Å². The second-order valence-electron chi connectivity index (χ2n) is 7.18. The van der Waals surface area contributed by atoms with E-state index in [0.29, 0.717) is 21.7 Å². The molecule has 0 spiro atoms. The minimum absolute atomic E-state index is 0.127. The summed E-state index contributed by atoms with van der Waals surface area (Å²) in [6.07, 6.45) is 0.244. The van der Waals surface area contributed by atoms with Crippen molar-refractivity contribution >= 4 is 56.8 Å². The van der Waals surface area contributed by atoms with Crippen molar-refractivity contribution < 1.29 is 14.3 Å². The molecule has 0 aliphatic rings. The van der Waals surface area contributed by atoms with Crippen LogP contribution in [0.2, 0.25) is 5.02 Å². The number of methoxy groups -OCH3 is 1. The third kappa shape index (κ3) is 6.96. The lowest BCUT2D eigenvalue weighted by molar-refractivity contribution is -0.121. The second-order valence-corrected chi connectivity index (χ2v) is 9.38. The first-order valence-electron chi connectivity index (χ1n) is 9.96. The lowest BCUT2D eigenvalue weighted by Gasteiger charge is -2.14. The van der Waals surface area contributed by atoms with Gasteiger partial charge in [0.05, 0.1) is 30.3 Å². The fraction of sp³-hybridized carbons (Fsp3) is 0.273. The van der Waals surface area contributed by atoms with E-state index in [2.05, 4.69) is 36.8 Å². The first-order valence-corrected chi connectivity index (χ1v) is 12.1. The molecular formula is C22H23BrClN5O3S. The van der Waals surface area contributed by atoms with Crippen molar-refractivity contribution in [2.45, 2.75) is 24.5 Å². The molecule has 11 heteroatoms. The van der Waals surface area contributed by atoms with E-state index in [4.69, 9.17) is 16.3 Å². The van der Waals surface area contributed by atoms with E-state index in [1.54, 1.807) is 36.9 Å². The van der Waals surface area contributed by atoms with Crippen molar-refractivity contribution in [3.05, 3.63) is 63.3 Å². The number of carbonyl (C=O) groups excluding carboxylic acids is 2. The highest BCUT2D eigenvalue weighted by Crippen LogP contribution is 2.26. The largest absolute Gasteiger partial charge is 0.497 e. The Morgan fingerprint density at radius 2 is 1.91 bits per heavy atom. The Morgan fingerprint density at radius 1 is 1.18 bits per heavy atom. The number of anilines is 1. The average Bonchev–Trinajstić information content (AvgIpc) is 3.15. The topological polar surface area (TPSA) is 98.1 Å². The minimum Gasteiger partial charge on any atom is -0.497 e. The standard InChI is InChI=1S/C22H23BrClN5O3S/c1-13(25-19(30)10-14-4-7-16(32-3)8-5-14)21-27-28-22(29(21)2)33-12-20(31)26-15-6-9-17(23)18(24)11-15/h4-9,11,13H,10,12H2,1-3H3,(H,25,30)(H,26,31)/t13-/m0/s1. The van der Waals surface area contributed by atoms with Gasteiger partial charge in [-0.2, -0.15) is 0 Å². The number of amides is 2. The third-order valence-electron chi connectivity index (χ3n) is 4.69. The first kappa shape index (κ1) is 25.1. The Kier molecular flexibility index (Phi) is 8.76. The molecule has 2 aromatic carbocycles. The first-order chi connectivity index (χ1) is 15.8. The maximum absolute atomic E-state index is 12.4. The SMILES string of the molecule is COc1ccc(CC(=O)N[C@@H](C)c2nnc(SCC(=O)Nc3ccc(Br)c(Cl)c3)n2C)cc1. The summed E-state index contributed by atoms with van der Waals surface area (Å²) in [7, 11) is 3.40. The quantitative estimate of drug-likeness (QED) is 0.382. The summed E-state index contributed by atoms with van der Waals surface area (Å²) in [6.45, 7) is 1.84. The van der Waals surface area contributed by atoms with Crippen molar-refractivity contribution in [2.24, 2.45) is 7.05 Å². The van der Waals surface area contributed by atoms with Crippen LogP contribution in [-0.2, 0) is 23.1 Å². The van der Waals surface area contributed by atoms with Crippen molar-refractivity contribution in [2.75, 3.05) is 18.2 Å². The zero-order valence-electron chi connectivity index (χ0n) is 18.3. The molecular weight excluding hydrogens is 530 g/mol. The van der Waals surface area contributed by atoms with Gasteiger partial charge in [0.1, 0.15) is 5.75 Å². The number of rotatable bonds is 9. The van der Waals surface area contributed by atoms with Crippen molar-refractivity contribution in [3.8, 4) is 5.75 Å². The zero-order valence-corrected chi connectivity index (χ0v) is 21.4. The minimum atomic E-state index is -0.346. The fourth-order valence-corrected chi connectivity index (χ4v) is 4.16. The Bertz CT molecular complexity index is 1140. The molecule has 8 nitrogen and oxygen atoms in total. The van der Waals surface area contributed by atoms with E-state index in [-0.39, 0.29) is 30.0 Å². The van der Waals surface area contributed by atoms with Gasteiger partial charge in [0, 0.05) is 17.2 Å². The van der Waals surface area contributed by atoms with Gasteiger partial charge >= 0.3 is 0 Å². The van der Waals surface area contributed by atoms with Crippen LogP contribution in [0.5, 0.6) is 5.75 Å². The molecule has 174 valence electrons. The van der Waals surface area contributed by atoms with E-state index in [1.807, 2.05) is 31.2 Å². The Hall–Kier alpha value is -2.56. The highest BCUT2D eigenvalue weighted by molar-refractivity contribution is 9.10. The van der Waals surface area contributed by atoms with E-state index in [9.17, 15) is 9.59 Å². The van der Waals surface area contributed by atoms with Gasteiger partial charge in [-0.05, 0) is 58.7 Å². The van der Waals surface area contributed by atoms with Crippen LogP contribution in [0.4, 0.5) is 5.69 Å². The molecule has 2 amide bonds. The van der Waals surface area contributed by atoms with Gasteiger partial charge in [-0.15, -0.1) is 10.2 Å². The average molecular weight is 553 g/mol. The number of thioether (sulfide) groups is 1. The molecule has 0 fully saturated rings. The van der Waals surface area contributed by atoms with E-state index >= 15 is 0 Å². The van der Waals surface area contributed by atoms with Crippen LogP contribution >= 0.6 is 39.3 Å². The monoisotopic (exact) mass is 551 g/mol. The molecule has 0 unspecified atom stereocenters. The zero-order chi connectivity index (χ0) is 24.0. The van der Waals surface area contributed by atoms with Crippen LogP contribution < -0.4 is 15.4 Å². The summed E-state index contributed by atoms with van der Waals surface area (Å²) < 4.78 is 7.66. The van der Waals surface area contributed by atoms with Gasteiger partial charge < -0.3 is 19.9 Å². The summed E-state index contributed by atoms with van der Waals surface area (Å²) in [5.74, 6) is 1.17. The smallest absolute Gasteiger partial charge is 0.234 e. The molecule has 1 aromatic heterocycles. The fourth-order valence-electron chi connectivity index (χ4n) is 3.02. The van der Waals surface area contributed by atoms with Crippen LogP contribution in [0.15, 0.2) is 52.1 Å². The van der Waals surface area contributed by atoms with Gasteiger partial charge in [0.2, 0.25) is 11.8 Å². The van der Waals surface area contributed by atoms with Crippen LogP contribution in [0.3, 0.4) is 0 Å². The molecule has 0 saturated carbocycles. The van der Waals surface area contributed by atoms with Crippen molar-refractivity contribution in [1.82, 2.24) is 20.1 Å². The maximum atomic E-state index is 12.4. The van der Waals surface area contributed by atoms with Crippen molar-refractivity contribution in [3.63, 3.8) is 0 Å². The normalized spacial score (nSPS) is 11.7. The number of aromatic nitrogens is 3. The summed E-state index contributed by atoms with van der Waals surface area (Å²) in [6, 6.07) is 12.2. The summed E-state index contributed by atoms with van der Waals surface area (Å²) in [5, 5.41) is 15.2. The van der Waals surface area contributed by atoms with Crippen LogP contribution in [0.25, 0.3) is 0 Å². The lowest BCUT2D eigenvalue weighted by atomic mass is 10.1. The highest BCUT2D eigenvalue weighted by atomic mass is 79.9. The number of carbonyl (C=O) groups is 2. The number of hydrogen-bond donors (Lipinski definition) is 2. The maximum Gasteiger partial charge on any atom is 0.234 e. The summed E-state index contributed by atoms with van der Waals surface area (Å²) in [5.41, 5.74) is 1.49. The molecule has 3 aromatic rings. The number of halogens is 2. The molecule has 0 radical (unpaired) electrons. The van der Waals surface area contributed by atoms with Crippen LogP contribution in [-0.4, -0.2) is 39.4 Å². The predicted octanol–water partition coefficient (Wildman–Crippen LogP) is 4.39. The number of hydrogen-bond acceptors (Lipinski definition) is 6. The van der Waals surface area contributed by atoms with Crippen LogP contribution in [0.1, 0.15) is 24.4 Å². The second kappa shape index (κ2) is 11.5. The van der Waals surface area contributed by atoms with Gasteiger partial charge in [0.25, 0.3) is 0 Å². The molecule has 2 N–H and O–H groups in total. The molecule has 0 aliphatic heterocycles. The number of nitrogens with one attached hydrogen (secondary N) is 2. The van der Waals surface area contributed by atoms with Crippen molar-refractivity contribution in [1.29, 1.82) is 0 Å². The molecule has 0 aliphatic carbocycles.